The molecule has 1 aliphatic heterocycles. The molecule has 0 spiro atoms. The Morgan fingerprint density at radius 2 is 2.08 bits per heavy atom. The van der Waals surface area contributed by atoms with Crippen molar-refractivity contribution in [3.8, 4) is 0 Å². The summed E-state index contributed by atoms with van der Waals surface area (Å²) in [6.45, 7) is 5.50. The average molecular weight is 381 g/mol. The molecule has 0 saturated carbocycles. The largest absolute Gasteiger partial charge is 0.334 e. The van der Waals surface area contributed by atoms with Gasteiger partial charge in [0.05, 0.1) is 11.0 Å². The number of likely N-dealkylation sites (tertiary alicyclic amines) is 1. The van der Waals surface area contributed by atoms with Crippen LogP contribution in [0.4, 0.5) is 0 Å². The van der Waals surface area contributed by atoms with Crippen molar-refractivity contribution in [3.05, 3.63) is 44.5 Å². The monoisotopic (exact) mass is 380 g/mol. The normalized spacial score (nSPS) is 20.0. The Morgan fingerprint density at radius 1 is 1.35 bits per heavy atom. The molecule has 7 nitrogen and oxygen atoms in total. The highest BCUT2D eigenvalue weighted by Gasteiger charge is 2.29. The van der Waals surface area contributed by atoms with Crippen molar-refractivity contribution in [2.75, 3.05) is 13.1 Å². The number of rotatable bonds is 3. The van der Waals surface area contributed by atoms with Gasteiger partial charge in [0.2, 0.25) is 0 Å². The van der Waals surface area contributed by atoms with E-state index in [4.69, 9.17) is 5.73 Å². The number of carbonyl (C=O) groups excluding carboxylic acids is 1. The topological polar surface area (TPSA) is 101 Å². The van der Waals surface area contributed by atoms with E-state index < -0.39 is 11.1 Å². The Labute approximate surface area is 157 Å². The number of piperidine rings is 1. The Kier molecular flexibility index (Phi) is 6.26. The van der Waals surface area contributed by atoms with Gasteiger partial charge in [-0.1, -0.05) is 6.92 Å². The first kappa shape index (κ1) is 20.2. The van der Waals surface area contributed by atoms with E-state index in [1.54, 1.807) is 25.1 Å². The first-order valence-electron chi connectivity index (χ1n) is 8.74. The molecule has 1 fully saturated rings. The number of amides is 1. The molecule has 8 heteroatoms. The molecule has 1 aromatic carbocycles. The lowest BCUT2D eigenvalue weighted by atomic mass is 9.92. The van der Waals surface area contributed by atoms with Gasteiger partial charge >= 0.3 is 11.1 Å². The number of fused-ring (bicyclic) bond motifs is 1. The van der Waals surface area contributed by atoms with Gasteiger partial charge in [-0.25, -0.2) is 0 Å². The van der Waals surface area contributed by atoms with Crippen LogP contribution in [0.25, 0.3) is 11.0 Å². The summed E-state index contributed by atoms with van der Waals surface area (Å²) in [4.78, 5) is 41.1. The van der Waals surface area contributed by atoms with E-state index >= 15 is 0 Å². The van der Waals surface area contributed by atoms with E-state index in [0.29, 0.717) is 42.1 Å². The zero-order valence-corrected chi connectivity index (χ0v) is 15.8. The van der Waals surface area contributed by atoms with Crippen LogP contribution in [-0.2, 0) is 6.54 Å². The number of nitrogens with zero attached hydrogens (tertiary/aromatic N) is 2. The van der Waals surface area contributed by atoms with Gasteiger partial charge in [0.25, 0.3) is 5.91 Å². The van der Waals surface area contributed by atoms with Crippen LogP contribution in [-0.4, -0.2) is 39.5 Å². The van der Waals surface area contributed by atoms with Gasteiger partial charge in [0, 0.05) is 31.2 Å². The zero-order valence-electron chi connectivity index (χ0n) is 15.0. The van der Waals surface area contributed by atoms with Crippen molar-refractivity contribution in [3.63, 3.8) is 0 Å². The van der Waals surface area contributed by atoms with Crippen molar-refractivity contribution in [2.24, 2.45) is 11.7 Å². The summed E-state index contributed by atoms with van der Waals surface area (Å²) >= 11 is 0. The molecule has 3 N–H and O–H groups in total. The molecule has 1 saturated heterocycles. The number of nitrogens with two attached hydrogens (primary N) is 1. The highest BCUT2D eigenvalue weighted by Crippen LogP contribution is 2.24. The third-order valence-electron chi connectivity index (χ3n) is 5.05. The first-order chi connectivity index (χ1) is 12.0. The Hall–Kier alpha value is -2.12. The highest BCUT2D eigenvalue weighted by atomic mass is 35.5. The molecular weight excluding hydrogens is 356 g/mol. The molecule has 1 aromatic heterocycles. The summed E-state index contributed by atoms with van der Waals surface area (Å²) in [6, 6.07) is 5.11. The fourth-order valence-corrected chi connectivity index (χ4v) is 3.63. The highest BCUT2D eigenvalue weighted by molar-refractivity contribution is 5.97. The lowest BCUT2D eigenvalue weighted by Crippen LogP contribution is -2.49. The fraction of sp³-hybridized carbons (Fsp3) is 0.500. The Balaban J connectivity index is 0.00000243. The van der Waals surface area contributed by atoms with Gasteiger partial charge in [-0.3, -0.25) is 14.4 Å². The van der Waals surface area contributed by atoms with Gasteiger partial charge in [0.1, 0.15) is 0 Å². The molecule has 26 heavy (non-hydrogen) atoms. The van der Waals surface area contributed by atoms with E-state index in [1.807, 2.05) is 4.90 Å². The number of H-pyrrole nitrogens is 1. The molecular formula is C18H25ClN4O3. The predicted molar refractivity (Wildman–Crippen MR) is 104 cm³/mol. The maximum atomic E-state index is 12.9. The van der Waals surface area contributed by atoms with Crippen molar-refractivity contribution in [1.82, 2.24) is 14.5 Å². The van der Waals surface area contributed by atoms with Crippen molar-refractivity contribution >= 4 is 29.3 Å². The second kappa shape index (κ2) is 8.05. The molecule has 0 aliphatic carbocycles. The second-order valence-electron chi connectivity index (χ2n) is 6.75. The number of aromatic amines is 1. The molecule has 1 amide bonds. The third kappa shape index (κ3) is 3.54. The zero-order chi connectivity index (χ0) is 18.1. The molecule has 2 unspecified atom stereocenters. The lowest BCUT2D eigenvalue weighted by Gasteiger charge is -2.38. The summed E-state index contributed by atoms with van der Waals surface area (Å²) < 4.78 is 1.41. The minimum absolute atomic E-state index is 0. The van der Waals surface area contributed by atoms with Crippen LogP contribution in [0.1, 0.15) is 37.0 Å². The van der Waals surface area contributed by atoms with Crippen LogP contribution in [0.5, 0.6) is 0 Å². The number of carbonyl (C=O) groups is 1. The first-order valence-corrected chi connectivity index (χ1v) is 8.74. The average Bonchev–Trinajstić information content (AvgIpc) is 2.61. The van der Waals surface area contributed by atoms with E-state index in [1.165, 1.54) is 4.57 Å². The number of nitrogens with one attached hydrogen (secondary N) is 1. The van der Waals surface area contributed by atoms with Gasteiger partial charge in [-0.05, 0) is 43.9 Å². The smallest absolute Gasteiger partial charge is 0.316 e. The van der Waals surface area contributed by atoms with Crippen LogP contribution < -0.4 is 16.9 Å². The van der Waals surface area contributed by atoms with Gasteiger partial charge < -0.3 is 20.2 Å². The predicted octanol–water partition coefficient (Wildman–Crippen LogP) is 1.33. The van der Waals surface area contributed by atoms with Crippen molar-refractivity contribution < 1.29 is 4.79 Å². The van der Waals surface area contributed by atoms with Gasteiger partial charge in [-0.15, -0.1) is 12.4 Å². The maximum absolute atomic E-state index is 12.9. The number of hydrogen-bond acceptors (Lipinski definition) is 4. The van der Waals surface area contributed by atoms with Gasteiger partial charge in [0.15, 0.2) is 0 Å². The van der Waals surface area contributed by atoms with Crippen LogP contribution in [0.15, 0.2) is 27.8 Å². The lowest BCUT2D eigenvalue weighted by molar-refractivity contribution is 0.0574. The number of benzene rings is 1. The second-order valence-corrected chi connectivity index (χ2v) is 6.75. The Morgan fingerprint density at radius 3 is 2.73 bits per heavy atom. The molecule has 0 bridgehead atoms. The maximum Gasteiger partial charge on any atom is 0.316 e. The van der Waals surface area contributed by atoms with Crippen LogP contribution in [0.3, 0.4) is 0 Å². The standard InChI is InChI=1S/C18H24N4O3.ClH/c1-3-21-15-5-4-12(9-14(15)20-16(23)18(21)25)17(24)22-7-6-11(2)8-13(22)10-19;/h4-5,9,11,13H,3,6-8,10,19H2,1-2H3,(H,20,23);1H. The van der Waals surface area contributed by atoms with Crippen LogP contribution >= 0.6 is 12.4 Å². The molecule has 1 aliphatic rings. The quantitative estimate of drug-likeness (QED) is 0.784. The summed E-state index contributed by atoms with van der Waals surface area (Å²) in [7, 11) is 0. The van der Waals surface area contributed by atoms with Crippen LogP contribution in [0, 0.1) is 5.92 Å². The summed E-state index contributed by atoms with van der Waals surface area (Å²) in [5.74, 6) is 0.476. The molecule has 2 atom stereocenters. The Bertz CT molecular complexity index is 921. The van der Waals surface area contributed by atoms with Crippen LogP contribution in [0.2, 0.25) is 0 Å². The fourth-order valence-electron chi connectivity index (χ4n) is 3.63. The van der Waals surface area contributed by atoms with E-state index in [2.05, 4.69) is 11.9 Å². The minimum atomic E-state index is -0.675. The van der Waals surface area contributed by atoms with Gasteiger partial charge in [-0.2, -0.15) is 0 Å². The molecule has 0 radical (unpaired) electrons. The number of halogens is 1. The molecule has 142 valence electrons. The number of hydrogen-bond donors (Lipinski definition) is 2. The van der Waals surface area contributed by atoms with Crippen molar-refractivity contribution in [2.45, 2.75) is 39.3 Å². The van der Waals surface area contributed by atoms with E-state index in [0.717, 1.165) is 12.8 Å². The SMILES string of the molecule is CCn1c(=O)c(=O)[nH]c2cc(C(=O)N3CCC(C)CC3CN)ccc21.Cl. The molecule has 2 aromatic rings. The molecule has 2 heterocycles. The summed E-state index contributed by atoms with van der Waals surface area (Å²) in [5, 5.41) is 0. The minimum Gasteiger partial charge on any atom is -0.334 e. The third-order valence-corrected chi connectivity index (χ3v) is 5.05. The number of aryl methyl sites for hydroxylation is 1. The molecule has 3 rings (SSSR count). The summed E-state index contributed by atoms with van der Waals surface area (Å²) in [6.07, 6.45) is 1.87. The van der Waals surface area contributed by atoms with Crippen molar-refractivity contribution in [1.29, 1.82) is 0 Å². The summed E-state index contributed by atoms with van der Waals surface area (Å²) in [5.41, 5.74) is 6.21. The van der Waals surface area contributed by atoms with E-state index in [-0.39, 0.29) is 24.4 Å². The number of aromatic nitrogens is 2. The van der Waals surface area contributed by atoms with E-state index in [9.17, 15) is 14.4 Å².